The standard InChI is InChI=1S/C63H108O6/c1-4-7-10-13-16-19-22-24-26-28-29-30-31-32-33-35-36-38-41-44-47-50-53-56-62(65)68-59-60(58-67-61(64)55-52-49-46-43-40-21-18-15-12-9-6-3)69-63(66)57-54-51-48-45-42-39-37-34-27-25-23-20-17-14-11-8-5-2/h7,10,16-17,19-20,24-27,29-30,32-33,60H,4-6,8-9,11-15,18,21-23,28,31,34-59H2,1-3H3/b10-7-,19-16-,20-17-,26-24-,27-25-,30-29-,33-32-. The summed E-state index contributed by atoms with van der Waals surface area (Å²) in [6.45, 7) is 6.49. The van der Waals surface area contributed by atoms with Crippen LogP contribution in [0.1, 0.15) is 278 Å². The van der Waals surface area contributed by atoms with E-state index in [1.165, 1.54) is 128 Å². The van der Waals surface area contributed by atoms with Crippen LogP contribution in [-0.4, -0.2) is 37.2 Å². The number of esters is 3. The van der Waals surface area contributed by atoms with E-state index in [9.17, 15) is 14.4 Å². The zero-order valence-electron chi connectivity index (χ0n) is 45.3. The van der Waals surface area contributed by atoms with Gasteiger partial charge in [0.05, 0.1) is 0 Å². The average molecular weight is 962 g/mol. The fourth-order valence-corrected chi connectivity index (χ4v) is 8.03. The molecule has 0 N–H and O–H groups in total. The zero-order valence-corrected chi connectivity index (χ0v) is 45.3. The van der Waals surface area contributed by atoms with Crippen LogP contribution in [0.3, 0.4) is 0 Å². The van der Waals surface area contributed by atoms with E-state index in [0.29, 0.717) is 19.3 Å². The Labute approximate surface area is 426 Å². The van der Waals surface area contributed by atoms with Crippen molar-refractivity contribution in [3.63, 3.8) is 0 Å². The van der Waals surface area contributed by atoms with Crippen molar-refractivity contribution >= 4 is 17.9 Å². The van der Waals surface area contributed by atoms with E-state index < -0.39 is 6.10 Å². The molecular weight excluding hydrogens is 853 g/mol. The van der Waals surface area contributed by atoms with E-state index in [2.05, 4.69) is 106 Å². The van der Waals surface area contributed by atoms with Crippen molar-refractivity contribution in [2.75, 3.05) is 13.2 Å². The minimum Gasteiger partial charge on any atom is -0.462 e. The first-order valence-corrected chi connectivity index (χ1v) is 29.1. The van der Waals surface area contributed by atoms with Crippen LogP contribution in [0.2, 0.25) is 0 Å². The molecule has 0 aromatic rings. The number of hydrogen-bond donors (Lipinski definition) is 0. The van der Waals surface area contributed by atoms with E-state index in [0.717, 1.165) is 109 Å². The maximum atomic E-state index is 12.8. The van der Waals surface area contributed by atoms with Gasteiger partial charge in [0.15, 0.2) is 6.10 Å². The number of ether oxygens (including phenoxy) is 3. The minimum atomic E-state index is -0.784. The molecule has 6 nitrogen and oxygen atoms in total. The van der Waals surface area contributed by atoms with Crippen molar-refractivity contribution in [1.29, 1.82) is 0 Å². The molecule has 0 heterocycles. The van der Waals surface area contributed by atoms with Crippen molar-refractivity contribution in [3.8, 4) is 0 Å². The molecule has 1 atom stereocenters. The Balaban J connectivity index is 4.35. The summed E-state index contributed by atoms with van der Waals surface area (Å²) < 4.78 is 16.9. The molecule has 0 rings (SSSR count). The molecular formula is C63H108O6. The van der Waals surface area contributed by atoms with Crippen LogP contribution in [0.15, 0.2) is 85.1 Å². The molecule has 0 aliphatic heterocycles. The van der Waals surface area contributed by atoms with Gasteiger partial charge < -0.3 is 14.2 Å². The number of allylic oxidation sites excluding steroid dienone is 14. The summed E-state index contributed by atoms with van der Waals surface area (Å²) in [6, 6.07) is 0. The van der Waals surface area contributed by atoms with Gasteiger partial charge in [-0.3, -0.25) is 14.4 Å². The van der Waals surface area contributed by atoms with Gasteiger partial charge in [0, 0.05) is 19.3 Å². The second-order valence-electron chi connectivity index (χ2n) is 19.2. The lowest BCUT2D eigenvalue weighted by atomic mass is 10.1. The van der Waals surface area contributed by atoms with Gasteiger partial charge in [0.2, 0.25) is 0 Å². The molecule has 6 heteroatoms. The fraction of sp³-hybridized carbons (Fsp3) is 0.730. The molecule has 0 radical (unpaired) electrons. The van der Waals surface area contributed by atoms with Gasteiger partial charge in [-0.15, -0.1) is 0 Å². The highest BCUT2D eigenvalue weighted by molar-refractivity contribution is 5.71. The van der Waals surface area contributed by atoms with Crippen LogP contribution in [0.25, 0.3) is 0 Å². The van der Waals surface area contributed by atoms with E-state index in [1.54, 1.807) is 0 Å². The van der Waals surface area contributed by atoms with Crippen molar-refractivity contribution < 1.29 is 28.6 Å². The minimum absolute atomic E-state index is 0.0814. The van der Waals surface area contributed by atoms with Crippen LogP contribution in [0.5, 0.6) is 0 Å². The molecule has 0 saturated heterocycles. The summed E-state index contributed by atoms with van der Waals surface area (Å²) in [7, 11) is 0. The van der Waals surface area contributed by atoms with Gasteiger partial charge in [-0.25, -0.2) is 0 Å². The Morgan fingerprint density at radius 2 is 0.565 bits per heavy atom. The van der Waals surface area contributed by atoms with Crippen LogP contribution in [0, 0.1) is 0 Å². The largest absolute Gasteiger partial charge is 0.462 e. The molecule has 0 spiro atoms. The molecule has 69 heavy (non-hydrogen) atoms. The number of rotatable bonds is 52. The Hall–Kier alpha value is -3.41. The SMILES string of the molecule is CC/C=C\C/C=C\C/C=C\C/C=C\C/C=C\CCCCCCCCCC(=O)OCC(COC(=O)CCCCCCCCCCCCC)OC(=O)CCCCCCCCC/C=C\C/C=C\CCCCC. The zero-order chi connectivity index (χ0) is 50.0. The van der Waals surface area contributed by atoms with Gasteiger partial charge in [0.25, 0.3) is 0 Å². The summed E-state index contributed by atoms with van der Waals surface area (Å²) in [4.78, 5) is 38.1. The molecule has 0 bridgehead atoms. The molecule has 0 saturated carbocycles. The predicted molar refractivity (Wildman–Crippen MR) is 297 cm³/mol. The first-order chi connectivity index (χ1) is 34.0. The second-order valence-corrected chi connectivity index (χ2v) is 19.2. The molecule has 0 aromatic heterocycles. The summed E-state index contributed by atoms with van der Waals surface area (Å²) in [5.41, 5.74) is 0. The highest BCUT2D eigenvalue weighted by Crippen LogP contribution is 2.15. The molecule has 0 aromatic carbocycles. The lowest BCUT2D eigenvalue weighted by Crippen LogP contribution is -2.30. The summed E-state index contributed by atoms with van der Waals surface area (Å²) in [5.74, 6) is -0.895. The summed E-state index contributed by atoms with van der Waals surface area (Å²) in [6.07, 6.45) is 74.3. The fourth-order valence-electron chi connectivity index (χ4n) is 8.03. The molecule has 1 unspecified atom stereocenters. The maximum absolute atomic E-state index is 12.8. The molecule has 0 aliphatic rings. The highest BCUT2D eigenvalue weighted by atomic mass is 16.6. The van der Waals surface area contributed by atoms with Crippen molar-refractivity contribution in [3.05, 3.63) is 85.1 Å². The molecule has 0 aliphatic carbocycles. The number of carbonyl (C=O) groups excluding carboxylic acids is 3. The van der Waals surface area contributed by atoms with Crippen molar-refractivity contribution in [2.45, 2.75) is 284 Å². The Morgan fingerprint density at radius 3 is 0.913 bits per heavy atom. The normalized spacial score (nSPS) is 12.7. The predicted octanol–water partition coefficient (Wildman–Crippen LogP) is 19.5. The lowest BCUT2D eigenvalue weighted by molar-refractivity contribution is -0.167. The number of carbonyl (C=O) groups is 3. The van der Waals surface area contributed by atoms with Crippen molar-refractivity contribution in [1.82, 2.24) is 0 Å². The third-order valence-corrected chi connectivity index (χ3v) is 12.4. The van der Waals surface area contributed by atoms with Gasteiger partial charge in [-0.1, -0.05) is 247 Å². The van der Waals surface area contributed by atoms with Crippen LogP contribution in [-0.2, 0) is 28.6 Å². The van der Waals surface area contributed by atoms with E-state index in [4.69, 9.17) is 14.2 Å². The Kier molecular flexibility index (Phi) is 54.3. The Morgan fingerprint density at radius 1 is 0.304 bits per heavy atom. The Bertz CT molecular complexity index is 1330. The summed E-state index contributed by atoms with van der Waals surface area (Å²) in [5, 5.41) is 0. The first-order valence-electron chi connectivity index (χ1n) is 29.1. The lowest BCUT2D eigenvalue weighted by Gasteiger charge is -2.18. The van der Waals surface area contributed by atoms with E-state index in [1.807, 2.05) is 0 Å². The molecule has 0 fully saturated rings. The maximum Gasteiger partial charge on any atom is 0.306 e. The topological polar surface area (TPSA) is 78.9 Å². The van der Waals surface area contributed by atoms with Gasteiger partial charge >= 0.3 is 17.9 Å². The first kappa shape index (κ1) is 65.6. The van der Waals surface area contributed by atoms with Crippen molar-refractivity contribution in [2.24, 2.45) is 0 Å². The van der Waals surface area contributed by atoms with Crippen LogP contribution >= 0.6 is 0 Å². The summed E-state index contributed by atoms with van der Waals surface area (Å²) >= 11 is 0. The third-order valence-electron chi connectivity index (χ3n) is 12.4. The number of unbranched alkanes of at least 4 members (excludes halogenated alkanes) is 27. The van der Waals surface area contributed by atoms with Crippen LogP contribution in [0.4, 0.5) is 0 Å². The highest BCUT2D eigenvalue weighted by Gasteiger charge is 2.19. The smallest absolute Gasteiger partial charge is 0.306 e. The van der Waals surface area contributed by atoms with Gasteiger partial charge in [0.1, 0.15) is 13.2 Å². The van der Waals surface area contributed by atoms with E-state index >= 15 is 0 Å². The second kappa shape index (κ2) is 57.2. The monoisotopic (exact) mass is 961 g/mol. The van der Waals surface area contributed by atoms with Crippen LogP contribution < -0.4 is 0 Å². The third kappa shape index (κ3) is 55.4. The average Bonchev–Trinajstić information content (AvgIpc) is 3.35. The quantitative estimate of drug-likeness (QED) is 0.0262. The van der Waals surface area contributed by atoms with E-state index in [-0.39, 0.29) is 31.1 Å². The molecule has 396 valence electrons. The van der Waals surface area contributed by atoms with Gasteiger partial charge in [-0.2, -0.15) is 0 Å². The van der Waals surface area contributed by atoms with Gasteiger partial charge in [-0.05, 0) is 96.3 Å². The number of hydrogen-bond acceptors (Lipinski definition) is 6. The molecule has 0 amide bonds.